The van der Waals surface area contributed by atoms with E-state index in [1.54, 1.807) is 47.9 Å². The number of ether oxygens (including phenoxy) is 2. The van der Waals surface area contributed by atoms with E-state index in [4.69, 9.17) is 26.1 Å². The lowest BCUT2D eigenvalue weighted by atomic mass is 10.0. The van der Waals surface area contributed by atoms with Gasteiger partial charge >= 0.3 is 11.9 Å². The van der Waals surface area contributed by atoms with Crippen LogP contribution < -0.4 is 10.3 Å². The molecule has 202 valence electrons. The molecule has 39 heavy (non-hydrogen) atoms. The van der Waals surface area contributed by atoms with Gasteiger partial charge in [0.25, 0.3) is 5.56 Å². The minimum absolute atomic E-state index is 0.0204. The zero-order valence-electron chi connectivity index (χ0n) is 22.0. The number of carboxylic acids is 1. The van der Waals surface area contributed by atoms with E-state index in [0.717, 1.165) is 18.4 Å². The van der Waals surface area contributed by atoms with Crippen LogP contribution in [-0.4, -0.2) is 33.7 Å². The molecule has 0 amide bonds. The van der Waals surface area contributed by atoms with Crippen LogP contribution in [0.1, 0.15) is 63.0 Å². The molecule has 8 nitrogen and oxygen atoms in total. The molecule has 0 spiro atoms. The minimum Gasteiger partial charge on any atom is -0.489 e. The standard InChI is InChI=1S/C30H29ClN2O6/c1-4-5-9-24-32-23-15-10-18(2)25(30(37)38-3)26(23)28(34)33(24)16-19-11-13-21(14-12-19)39-17-20-7-6-8-22(27(20)31)29(35)36/h6-8,10-15H,4-5,9,16-17H2,1-3H3,(H,35,36). The molecule has 0 radical (unpaired) electrons. The fourth-order valence-corrected chi connectivity index (χ4v) is 4.66. The van der Waals surface area contributed by atoms with Gasteiger partial charge in [0.05, 0.1) is 40.7 Å². The Morgan fingerprint density at radius 2 is 1.82 bits per heavy atom. The van der Waals surface area contributed by atoms with Crippen LogP contribution in [0.25, 0.3) is 10.9 Å². The lowest BCUT2D eigenvalue weighted by molar-refractivity contribution is 0.0601. The Labute approximate surface area is 230 Å². The summed E-state index contributed by atoms with van der Waals surface area (Å²) < 4.78 is 12.4. The molecule has 4 rings (SSSR count). The van der Waals surface area contributed by atoms with Crippen LogP contribution in [-0.2, 0) is 24.3 Å². The second-order valence-electron chi connectivity index (χ2n) is 9.18. The summed E-state index contributed by atoms with van der Waals surface area (Å²) in [6.45, 7) is 4.21. The first-order chi connectivity index (χ1) is 18.7. The number of esters is 1. The Kier molecular flexibility index (Phi) is 8.66. The Morgan fingerprint density at radius 1 is 1.08 bits per heavy atom. The number of aryl methyl sites for hydroxylation is 2. The molecule has 1 aromatic heterocycles. The normalized spacial score (nSPS) is 11.0. The van der Waals surface area contributed by atoms with E-state index < -0.39 is 11.9 Å². The number of carboxylic acid groups (broad SMARTS) is 1. The number of carbonyl (C=O) groups excluding carboxylic acids is 1. The first-order valence-corrected chi connectivity index (χ1v) is 13.0. The van der Waals surface area contributed by atoms with E-state index in [-0.39, 0.29) is 40.2 Å². The average Bonchev–Trinajstić information content (AvgIpc) is 2.93. The highest BCUT2D eigenvalue weighted by Crippen LogP contribution is 2.24. The van der Waals surface area contributed by atoms with Crippen molar-refractivity contribution in [3.8, 4) is 5.75 Å². The second kappa shape index (κ2) is 12.1. The number of halogens is 1. The van der Waals surface area contributed by atoms with Gasteiger partial charge in [0.2, 0.25) is 0 Å². The first kappa shape index (κ1) is 27.9. The number of aromatic carboxylic acids is 1. The van der Waals surface area contributed by atoms with Gasteiger partial charge in [-0.15, -0.1) is 0 Å². The number of rotatable bonds is 10. The van der Waals surface area contributed by atoms with Gasteiger partial charge in [-0.25, -0.2) is 14.6 Å². The van der Waals surface area contributed by atoms with Gasteiger partial charge in [-0.3, -0.25) is 9.36 Å². The number of benzene rings is 3. The molecule has 0 aliphatic carbocycles. The van der Waals surface area contributed by atoms with Crippen LogP contribution in [0.2, 0.25) is 5.02 Å². The summed E-state index contributed by atoms with van der Waals surface area (Å²) in [6, 6.07) is 15.6. The van der Waals surface area contributed by atoms with Gasteiger partial charge in [0.15, 0.2) is 0 Å². The highest BCUT2D eigenvalue weighted by atomic mass is 35.5. The van der Waals surface area contributed by atoms with E-state index in [9.17, 15) is 19.5 Å². The Morgan fingerprint density at radius 3 is 2.49 bits per heavy atom. The number of unbranched alkanes of at least 4 members (excludes halogenated alkanes) is 1. The lowest BCUT2D eigenvalue weighted by Gasteiger charge is -2.16. The van der Waals surface area contributed by atoms with Crippen molar-refractivity contribution in [1.82, 2.24) is 9.55 Å². The van der Waals surface area contributed by atoms with Crippen molar-refractivity contribution in [2.24, 2.45) is 0 Å². The molecule has 3 aromatic carbocycles. The van der Waals surface area contributed by atoms with Crippen LogP contribution >= 0.6 is 11.6 Å². The maximum Gasteiger partial charge on any atom is 0.339 e. The molecule has 9 heteroatoms. The number of hydrogen-bond acceptors (Lipinski definition) is 6. The molecule has 0 unspecified atom stereocenters. The van der Waals surface area contributed by atoms with Gasteiger partial charge in [-0.1, -0.05) is 55.3 Å². The Bertz CT molecular complexity index is 1590. The van der Waals surface area contributed by atoms with Crippen molar-refractivity contribution in [3.05, 3.63) is 104 Å². The molecule has 0 saturated carbocycles. The summed E-state index contributed by atoms with van der Waals surface area (Å²) in [5.41, 5.74) is 2.50. The van der Waals surface area contributed by atoms with Gasteiger partial charge in [0.1, 0.15) is 18.2 Å². The number of nitrogens with zero attached hydrogens (tertiary/aromatic N) is 2. The molecular weight excluding hydrogens is 520 g/mol. The number of fused-ring (bicyclic) bond motifs is 1. The molecule has 0 aliphatic rings. The average molecular weight is 549 g/mol. The van der Waals surface area contributed by atoms with Crippen LogP contribution in [0, 0.1) is 6.92 Å². The summed E-state index contributed by atoms with van der Waals surface area (Å²) in [5.74, 6) is -0.450. The Hall–Kier alpha value is -4.17. The Balaban J connectivity index is 1.64. The third-order valence-electron chi connectivity index (χ3n) is 6.52. The van der Waals surface area contributed by atoms with Crippen molar-refractivity contribution in [2.75, 3.05) is 7.11 Å². The van der Waals surface area contributed by atoms with E-state index in [0.29, 0.717) is 34.6 Å². The quantitative estimate of drug-likeness (QED) is 0.249. The second-order valence-corrected chi connectivity index (χ2v) is 9.56. The highest BCUT2D eigenvalue weighted by Gasteiger charge is 2.21. The summed E-state index contributed by atoms with van der Waals surface area (Å²) in [7, 11) is 1.29. The zero-order chi connectivity index (χ0) is 28.1. The number of carbonyl (C=O) groups is 2. The smallest absolute Gasteiger partial charge is 0.339 e. The van der Waals surface area contributed by atoms with Crippen molar-refractivity contribution in [2.45, 2.75) is 46.3 Å². The van der Waals surface area contributed by atoms with Crippen LogP contribution in [0.15, 0.2) is 59.4 Å². The topological polar surface area (TPSA) is 108 Å². The predicted molar refractivity (Wildman–Crippen MR) is 149 cm³/mol. The molecular formula is C30H29ClN2O6. The number of hydrogen-bond donors (Lipinski definition) is 1. The third kappa shape index (κ3) is 5.96. The van der Waals surface area contributed by atoms with Crippen molar-refractivity contribution >= 4 is 34.4 Å². The summed E-state index contributed by atoms with van der Waals surface area (Å²) in [5, 5.41) is 9.66. The van der Waals surface area contributed by atoms with E-state index >= 15 is 0 Å². The predicted octanol–water partition coefficient (Wildman–Crippen LogP) is 5.81. The SMILES string of the molecule is CCCCc1nc2ccc(C)c(C(=O)OC)c2c(=O)n1Cc1ccc(OCc2cccc(C(=O)O)c2Cl)cc1. The van der Waals surface area contributed by atoms with Gasteiger partial charge in [-0.2, -0.15) is 0 Å². The molecule has 0 aliphatic heterocycles. The summed E-state index contributed by atoms with van der Waals surface area (Å²) in [6.07, 6.45) is 2.44. The van der Waals surface area contributed by atoms with Crippen molar-refractivity contribution in [1.29, 1.82) is 0 Å². The summed E-state index contributed by atoms with van der Waals surface area (Å²) in [4.78, 5) is 42.4. The van der Waals surface area contributed by atoms with Gasteiger partial charge in [-0.05, 0) is 48.7 Å². The molecule has 1 N–H and O–H groups in total. The van der Waals surface area contributed by atoms with E-state index in [1.807, 2.05) is 12.1 Å². The fourth-order valence-electron chi connectivity index (χ4n) is 4.40. The van der Waals surface area contributed by atoms with Crippen molar-refractivity contribution in [3.63, 3.8) is 0 Å². The minimum atomic E-state index is -1.10. The van der Waals surface area contributed by atoms with Crippen molar-refractivity contribution < 1.29 is 24.2 Å². The molecule has 0 atom stereocenters. The van der Waals surface area contributed by atoms with Crippen LogP contribution in [0.5, 0.6) is 5.75 Å². The van der Waals surface area contributed by atoms with Crippen LogP contribution in [0.4, 0.5) is 0 Å². The largest absolute Gasteiger partial charge is 0.489 e. The first-order valence-electron chi connectivity index (χ1n) is 12.6. The van der Waals surface area contributed by atoms with E-state index in [1.165, 1.54) is 13.2 Å². The van der Waals surface area contributed by atoms with Gasteiger partial charge in [0, 0.05) is 12.0 Å². The molecule has 4 aromatic rings. The molecule has 0 saturated heterocycles. The third-order valence-corrected chi connectivity index (χ3v) is 6.97. The summed E-state index contributed by atoms with van der Waals surface area (Å²) >= 11 is 6.21. The highest BCUT2D eigenvalue weighted by molar-refractivity contribution is 6.34. The van der Waals surface area contributed by atoms with Gasteiger partial charge < -0.3 is 14.6 Å². The van der Waals surface area contributed by atoms with Crippen LogP contribution in [0.3, 0.4) is 0 Å². The van der Waals surface area contributed by atoms with E-state index in [2.05, 4.69) is 6.92 Å². The molecule has 0 fully saturated rings. The molecule has 0 bridgehead atoms. The number of aromatic nitrogens is 2. The fraction of sp³-hybridized carbons (Fsp3) is 0.267. The maximum absolute atomic E-state index is 13.8. The molecule has 1 heterocycles. The zero-order valence-corrected chi connectivity index (χ0v) is 22.7. The maximum atomic E-state index is 13.8. The lowest BCUT2D eigenvalue weighted by Crippen LogP contribution is -2.28. The monoisotopic (exact) mass is 548 g/mol. The number of methoxy groups -OCH3 is 1.